The molecule has 23 heteroatoms. The third-order valence-electron chi connectivity index (χ3n) is 20.6. The van der Waals surface area contributed by atoms with Crippen LogP contribution in [0.25, 0.3) is 88.6 Å². The molecule has 4 aliphatic heterocycles. The topological polar surface area (TPSA) is 238 Å². The smallest absolute Gasteiger partial charge is 0.140 e. The van der Waals surface area contributed by atoms with Crippen molar-refractivity contribution < 1.29 is 0 Å². The largest absolute Gasteiger partial charge is 0.347 e. The highest BCUT2D eigenvalue weighted by atomic mass is 15.4. The van der Waals surface area contributed by atoms with E-state index in [4.69, 9.17) is 25.3 Å². The normalized spacial score (nSPS) is 17.6. The average Bonchev–Trinajstić information content (AvgIpc) is 1.63. The molecule has 8 aliphatic rings. The van der Waals surface area contributed by atoms with Crippen LogP contribution in [0.4, 0.5) is 23.3 Å². The number of aromatic nitrogens is 19. The minimum absolute atomic E-state index is 0.345. The van der Waals surface area contributed by atoms with E-state index >= 15 is 0 Å². The van der Waals surface area contributed by atoms with Crippen molar-refractivity contribution in [3.63, 3.8) is 0 Å². The minimum atomic E-state index is 0.345. The third-order valence-corrected chi connectivity index (χ3v) is 20.6. The first-order valence-electron chi connectivity index (χ1n) is 34.4. The first-order valence-corrected chi connectivity index (χ1v) is 34.4. The molecule has 4 N–H and O–H groups in total. The number of nitrogens with one attached hydrogen (secondary N) is 4. The molecule has 4 saturated carbocycles. The summed E-state index contributed by atoms with van der Waals surface area (Å²) in [5.74, 6) is 4.29. The predicted octanol–water partition coefficient (Wildman–Crippen LogP) is 13.9. The van der Waals surface area contributed by atoms with E-state index in [1.54, 1.807) is 0 Å². The second-order valence-electron chi connectivity index (χ2n) is 27.7. The zero-order valence-electron chi connectivity index (χ0n) is 54.5. The van der Waals surface area contributed by atoms with Crippen molar-refractivity contribution in [2.45, 2.75) is 213 Å². The highest BCUT2D eigenvalue weighted by Crippen LogP contribution is 2.47. The molecule has 4 fully saturated rings. The van der Waals surface area contributed by atoms with Gasteiger partial charge in [-0.2, -0.15) is 35.7 Å². The van der Waals surface area contributed by atoms with E-state index in [-0.39, 0.29) is 0 Å². The van der Waals surface area contributed by atoms with Gasteiger partial charge in [0.2, 0.25) is 0 Å². The van der Waals surface area contributed by atoms with Crippen LogP contribution in [-0.2, 0) is 32.7 Å². The summed E-state index contributed by atoms with van der Waals surface area (Å²) in [5.41, 5.74) is 17.7. The number of anilines is 4. The van der Waals surface area contributed by atoms with Gasteiger partial charge in [0.25, 0.3) is 0 Å². The van der Waals surface area contributed by atoms with Gasteiger partial charge in [0, 0.05) is 126 Å². The monoisotopic (exact) mass is 1250 g/mol. The highest BCUT2D eigenvalue weighted by Gasteiger charge is 2.39. The number of aryl methyl sites for hydroxylation is 1. The van der Waals surface area contributed by atoms with E-state index < -0.39 is 0 Å². The fourth-order valence-corrected chi connectivity index (χ4v) is 15.5. The number of pyridine rings is 4. The molecule has 16 heterocycles. The van der Waals surface area contributed by atoms with Crippen molar-refractivity contribution in [2.75, 3.05) is 19.6 Å². The lowest BCUT2D eigenvalue weighted by Gasteiger charge is -2.35. The Kier molecular flexibility index (Phi) is 14.2. The fourth-order valence-electron chi connectivity index (χ4n) is 15.5. The number of H-pyrrole nitrogens is 4. The highest BCUT2D eigenvalue weighted by molar-refractivity contribution is 6.05. The lowest BCUT2D eigenvalue weighted by atomic mass is 9.94. The van der Waals surface area contributed by atoms with Crippen LogP contribution in [0.1, 0.15) is 179 Å². The number of rotatable bonds is 8. The van der Waals surface area contributed by atoms with Crippen LogP contribution in [0.2, 0.25) is 0 Å². The zero-order valence-corrected chi connectivity index (χ0v) is 54.5. The minimum Gasteiger partial charge on any atom is -0.347 e. The molecule has 0 aromatic carbocycles. The number of fused-ring (bicyclic) bond motifs is 8. The lowest BCUT2D eigenvalue weighted by Crippen LogP contribution is -2.37. The summed E-state index contributed by atoms with van der Waals surface area (Å²) in [6, 6.07) is 13.7. The van der Waals surface area contributed by atoms with E-state index in [0.29, 0.717) is 42.3 Å². The molecule has 20 rings (SSSR count). The van der Waals surface area contributed by atoms with Gasteiger partial charge in [-0.25, -0.2) is 19.9 Å². The number of nitrogens with zero attached hydrogens (tertiary/aromatic N) is 19. The van der Waals surface area contributed by atoms with E-state index in [1.807, 2.05) is 58.4 Å². The van der Waals surface area contributed by atoms with E-state index in [2.05, 4.69) is 159 Å². The van der Waals surface area contributed by atoms with Gasteiger partial charge in [-0.3, -0.25) is 34.4 Å². The van der Waals surface area contributed by atoms with Gasteiger partial charge in [0.1, 0.15) is 46.0 Å². The first-order chi connectivity index (χ1) is 45.5. The molecule has 12 aromatic rings. The second kappa shape index (κ2) is 23.0. The molecule has 0 saturated heterocycles. The van der Waals surface area contributed by atoms with Crippen molar-refractivity contribution in [1.82, 2.24) is 94.6 Å². The summed E-state index contributed by atoms with van der Waals surface area (Å²) in [6.45, 7) is 19.5. The Morgan fingerprint density at radius 1 is 0.398 bits per heavy atom. The molecule has 0 atom stereocenters. The Labute approximate surface area is 539 Å². The van der Waals surface area contributed by atoms with Crippen LogP contribution in [0.3, 0.4) is 0 Å². The van der Waals surface area contributed by atoms with Crippen LogP contribution in [0.5, 0.6) is 0 Å². The van der Waals surface area contributed by atoms with Crippen molar-refractivity contribution >= 4 is 66.9 Å². The quantitative estimate of drug-likeness (QED) is 0.111. The van der Waals surface area contributed by atoms with Gasteiger partial charge in [-0.15, -0.1) is 0 Å². The molecular weight excluding hydrogens is 1160 g/mol. The number of hydrogen-bond donors (Lipinski definition) is 4. The van der Waals surface area contributed by atoms with Gasteiger partial charge in [0.05, 0.1) is 86.9 Å². The molecule has 0 spiro atoms. The van der Waals surface area contributed by atoms with E-state index in [1.165, 1.54) is 107 Å². The van der Waals surface area contributed by atoms with Crippen LogP contribution in [0.15, 0.2) is 79.9 Å². The summed E-state index contributed by atoms with van der Waals surface area (Å²) < 4.78 is 8.50. The summed E-state index contributed by atoms with van der Waals surface area (Å²) >= 11 is 0. The van der Waals surface area contributed by atoms with Crippen molar-refractivity contribution in [3.8, 4) is 45.0 Å². The van der Waals surface area contributed by atoms with Gasteiger partial charge >= 0.3 is 0 Å². The molecular formula is C70H83N23. The summed E-state index contributed by atoms with van der Waals surface area (Å²) in [4.78, 5) is 28.8. The first kappa shape index (κ1) is 57.5. The van der Waals surface area contributed by atoms with Gasteiger partial charge in [-0.1, -0.05) is 38.5 Å². The van der Waals surface area contributed by atoms with Crippen LogP contribution in [-0.4, -0.2) is 119 Å². The van der Waals surface area contributed by atoms with Crippen LogP contribution >= 0.6 is 0 Å². The Balaban J connectivity index is 0.0000000949. The molecule has 0 radical (unpaired) electrons. The Hall–Kier alpha value is -9.41. The number of aromatic amines is 4. The van der Waals surface area contributed by atoms with Gasteiger partial charge < -0.3 is 24.2 Å². The summed E-state index contributed by atoms with van der Waals surface area (Å²) in [5, 5.41) is 50.2. The van der Waals surface area contributed by atoms with E-state index in [0.717, 1.165) is 151 Å². The average molecular weight is 1250 g/mol. The molecule has 23 nitrogen and oxygen atoms in total. The third kappa shape index (κ3) is 10.0. The fraction of sp³-hybridized carbons (Fsp3) is 0.471. The maximum atomic E-state index is 4.90. The SMILES string of the molecule is CC(C)n1cc2c(n1)CN(C1CC1)c1nccc3[nH]nc-2c13.CC(C)n1cc2c(n1)CN(C1CCCCC1)c1nccc3[nH]nc-2c13.CC(C)n1ccc2c1CN(C1CCCCC1)c1nccc3[nH]nc-2c13.CCn1cc2c(n1)CN(C1CC1)c1nccc3[nH]nc-2c13. The Morgan fingerprint density at radius 3 is 1.12 bits per heavy atom. The van der Waals surface area contributed by atoms with Crippen molar-refractivity contribution in [3.05, 3.63) is 103 Å². The van der Waals surface area contributed by atoms with E-state index in [9.17, 15) is 0 Å². The predicted molar refractivity (Wildman–Crippen MR) is 364 cm³/mol. The Morgan fingerprint density at radius 2 is 0.753 bits per heavy atom. The number of hydrogen-bond acceptors (Lipinski definition) is 15. The van der Waals surface area contributed by atoms with Gasteiger partial charge in [-0.05, 0) is 130 Å². The zero-order chi connectivity index (χ0) is 62.8. The molecule has 0 amide bonds. The van der Waals surface area contributed by atoms with Crippen LogP contribution in [0, 0.1) is 0 Å². The lowest BCUT2D eigenvalue weighted by molar-refractivity contribution is 0.408. The molecule has 478 valence electrons. The molecule has 0 bridgehead atoms. The second-order valence-corrected chi connectivity index (χ2v) is 27.7. The van der Waals surface area contributed by atoms with Crippen LogP contribution < -0.4 is 19.6 Å². The summed E-state index contributed by atoms with van der Waals surface area (Å²) in [7, 11) is 0. The standard InChI is InChI=1S/C20H25N5.C19H24N6.C16H18N6.C15H16N6/c1-13(2)24-11-9-15-17(24)12-25(14-6-4-3-5-7-14)20-18-16(8-10-21-20)22-23-19(15)18;1-12(2)25-10-14-16(23-25)11-24(13-6-4-3-5-7-13)19-17-15(8-9-20-19)21-22-18(14)17;1-9(2)22-7-11-13(20-22)8-21(10-3-4-10)16-14-12(5-6-17-16)18-19-15(11)14;1-2-20-7-10-12(19-20)8-21(9-3-4-9)15-13-11(5-6-16-15)17-18-14(10)13/h8-11,13-14H,3-7,12H2,1-2H3,(H,22,23);8-10,12-13H,3-7,11H2,1-2H3,(H,21,22);5-7,9-10H,3-4,8H2,1-2H3,(H,18,19);5-7,9H,2-4,8H2,1H3,(H,17,18). The maximum Gasteiger partial charge on any atom is 0.140 e. The maximum absolute atomic E-state index is 4.90. The van der Waals surface area contributed by atoms with Crippen molar-refractivity contribution in [2.24, 2.45) is 0 Å². The van der Waals surface area contributed by atoms with Gasteiger partial charge in [0.15, 0.2) is 0 Å². The summed E-state index contributed by atoms with van der Waals surface area (Å²) in [6.07, 6.45) is 34.1. The molecule has 0 unspecified atom stereocenters. The van der Waals surface area contributed by atoms with Crippen molar-refractivity contribution in [1.29, 1.82) is 0 Å². The molecule has 93 heavy (non-hydrogen) atoms. The molecule has 4 aliphatic carbocycles. The molecule has 12 aromatic heterocycles. The Bertz CT molecular complexity index is 4650.